The van der Waals surface area contributed by atoms with Gasteiger partial charge in [0.25, 0.3) is 0 Å². The third-order valence-corrected chi connectivity index (χ3v) is 6.07. The predicted molar refractivity (Wildman–Crippen MR) is 121 cm³/mol. The van der Waals surface area contributed by atoms with Gasteiger partial charge in [-0.1, -0.05) is 36.6 Å². The molecule has 0 atom stereocenters. The van der Waals surface area contributed by atoms with Crippen molar-refractivity contribution in [3.63, 3.8) is 0 Å². The Bertz CT molecular complexity index is 1030. The first-order valence-electron chi connectivity index (χ1n) is 10.2. The maximum Gasteiger partial charge on any atom is 0.319 e. The molecule has 2 N–H and O–H groups in total. The van der Waals surface area contributed by atoms with Gasteiger partial charge in [0, 0.05) is 35.7 Å². The Kier molecular flexibility index (Phi) is 6.00. The van der Waals surface area contributed by atoms with E-state index in [2.05, 4.69) is 20.6 Å². The Morgan fingerprint density at radius 3 is 2.43 bits per heavy atom. The number of anilines is 1. The van der Waals surface area contributed by atoms with Crippen LogP contribution >= 0.6 is 11.6 Å². The minimum absolute atomic E-state index is 0.0764. The summed E-state index contributed by atoms with van der Waals surface area (Å²) in [6.45, 7) is 2.55. The topological polar surface area (TPSA) is 66.9 Å². The zero-order valence-corrected chi connectivity index (χ0v) is 17.7. The lowest BCUT2D eigenvalue weighted by molar-refractivity contribution is 0.248. The normalized spacial score (nSPS) is 15.0. The Morgan fingerprint density at radius 1 is 1.00 bits per heavy atom. The summed E-state index contributed by atoms with van der Waals surface area (Å²) < 4.78 is 0. The van der Waals surface area contributed by atoms with Gasteiger partial charge in [-0.15, -0.1) is 0 Å². The first-order valence-corrected chi connectivity index (χ1v) is 10.6. The number of nitrogens with one attached hydrogen (secondary N) is 2. The van der Waals surface area contributed by atoms with Gasteiger partial charge in [0.2, 0.25) is 0 Å². The molecule has 1 fully saturated rings. The molecule has 6 heteroatoms. The average molecular weight is 421 g/mol. The molecular formula is C24H25ClN4O. The summed E-state index contributed by atoms with van der Waals surface area (Å²) in [4.78, 5) is 20.9. The van der Waals surface area contributed by atoms with Crippen LogP contribution in [0.3, 0.4) is 0 Å². The number of hydrogen-bond acceptors (Lipinski definition) is 3. The lowest BCUT2D eigenvalue weighted by Gasteiger charge is -2.30. The molecule has 5 nitrogen and oxygen atoms in total. The van der Waals surface area contributed by atoms with E-state index in [0.29, 0.717) is 11.7 Å². The minimum atomic E-state index is -0.200. The quantitative estimate of drug-likeness (QED) is 0.517. The number of hydrogen-bond donors (Lipinski definition) is 2. The van der Waals surface area contributed by atoms with Crippen molar-refractivity contribution >= 4 is 23.3 Å². The molecule has 2 heterocycles. The Hall–Kier alpha value is -2.92. The van der Waals surface area contributed by atoms with Crippen molar-refractivity contribution in [2.75, 3.05) is 11.9 Å². The van der Waals surface area contributed by atoms with Crippen LogP contribution in [0.1, 0.15) is 36.9 Å². The van der Waals surface area contributed by atoms with Crippen molar-refractivity contribution in [2.45, 2.75) is 38.0 Å². The highest BCUT2D eigenvalue weighted by Gasteiger charge is 2.36. The van der Waals surface area contributed by atoms with Gasteiger partial charge in [0.05, 0.1) is 0 Å². The Morgan fingerprint density at radius 2 is 1.73 bits per heavy atom. The first-order chi connectivity index (χ1) is 14.5. The van der Waals surface area contributed by atoms with Crippen molar-refractivity contribution in [1.29, 1.82) is 0 Å². The molecule has 0 bridgehead atoms. The van der Waals surface area contributed by atoms with E-state index in [4.69, 9.17) is 11.6 Å². The van der Waals surface area contributed by atoms with Crippen LogP contribution in [0, 0.1) is 6.92 Å². The molecule has 2 amide bonds. The van der Waals surface area contributed by atoms with Crippen LogP contribution in [0.25, 0.3) is 11.1 Å². The van der Waals surface area contributed by atoms with Crippen molar-refractivity contribution in [1.82, 2.24) is 15.3 Å². The highest BCUT2D eigenvalue weighted by Crippen LogP contribution is 2.41. The van der Waals surface area contributed by atoms with Crippen LogP contribution < -0.4 is 10.6 Å². The lowest BCUT2D eigenvalue weighted by Crippen LogP contribution is -2.40. The van der Waals surface area contributed by atoms with E-state index >= 15 is 0 Å². The van der Waals surface area contributed by atoms with E-state index in [1.807, 2.05) is 55.5 Å². The summed E-state index contributed by atoms with van der Waals surface area (Å²) in [5.74, 6) is 0. The number of halogens is 1. The molecule has 0 spiro atoms. The van der Waals surface area contributed by atoms with Gasteiger partial charge >= 0.3 is 6.03 Å². The van der Waals surface area contributed by atoms with Gasteiger partial charge < -0.3 is 10.6 Å². The largest absolute Gasteiger partial charge is 0.337 e. The molecule has 1 saturated carbocycles. The fourth-order valence-electron chi connectivity index (χ4n) is 4.25. The second kappa shape index (κ2) is 8.84. The number of rotatable bonds is 5. The number of amides is 2. The third-order valence-electron chi connectivity index (χ3n) is 5.86. The van der Waals surface area contributed by atoms with E-state index in [1.165, 1.54) is 0 Å². The van der Waals surface area contributed by atoms with Gasteiger partial charge in [-0.2, -0.15) is 0 Å². The van der Waals surface area contributed by atoms with Gasteiger partial charge in [0.1, 0.15) is 5.15 Å². The van der Waals surface area contributed by atoms with Crippen LogP contribution in [0.5, 0.6) is 0 Å². The molecule has 30 heavy (non-hydrogen) atoms. The lowest BCUT2D eigenvalue weighted by atomic mass is 9.79. The van der Waals surface area contributed by atoms with Crippen LogP contribution in [-0.4, -0.2) is 22.5 Å². The Labute approximate surface area is 181 Å². The number of nitrogens with zero attached hydrogens (tertiary/aromatic N) is 2. The molecule has 1 aliphatic rings. The first kappa shape index (κ1) is 20.4. The van der Waals surface area contributed by atoms with Crippen molar-refractivity contribution in [3.05, 3.63) is 77.3 Å². The van der Waals surface area contributed by atoms with Crippen molar-refractivity contribution in [3.8, 4) is 11.1 Å². The number of aryl methyl sites for hydroxylation is 1. The fraction of sp³-hybridized carbons (Fsp3) is 0.292. The summed E-state index contributed by atoms with van der Waals surface area (Å²) in [5, 5.41) is 6.49. The number of pyridine rings is 2. The third kappa shape index (κ3) is 4.62. The number of carbonyl (C=O) groups excluding carboxylic acids is 1. The number of benzene rings is 1. The average Bonchev–Trinajstić information content (AvgIpc) is 3.23. The molecule has 0 aliphatic heterocycles. The zero-order chi connectivity index (χ0) is 21.0. The standard InChI is InChI=1S/C24H25ClN4O/c1-17-14-19(8-12-26-17)18-4-6-21(7-5-18)29-23(30)28-16-24(10-2-3-11-24)20-9-13-27-22(25)15-20/h4-9,12-15H,2-3,10-11,16H2,1H3,(H2,28,29,30). The summed E-state index contributed by atoms with van der Waals surface area (Å²) in [5.41, 5.74) is 5.01. The van der Waals surface area contributed by atoms with Gasteiger partial charge in [0.15, 0.2) is 0 Å². The SMILES string of the molecule is Cc1cc(-c2ccc(NC(=O)NCC3(c4ccnc(Cl)c4)CCCC3)cc2)ccn1. The molecule has 3 aromatic rings. The number of urea groups is 1. The second-order valence-electron chi connectivity index (χ2n) is 7.93. The molecule has 0 unspecified atom stereocenters. The number of aromatic nitrogens is 2. The summed E-state index contributed by atoms with van der Waals surface area (Å²) in [7, 11) is 0. The summed E-state index contributed by atoms with van der Waals surface area (Å²) in [6, 6.07) is 15.6. The van der Waals surface area contributed by atoms with E-state index in [9.17, 15) is 4.79 Å². The Balaban J connectivity index is 1.39. The van der Waals surface area contributed by atoms with Gasteiger partial charge in [-0.25, -0.2) is 9.78 Å². The summed E-state index contributed by atoms with van der Waals surface area (Å²) in [6.07, 6.45) is 7.92. The predicted octanol–water partition coefficient (Wildman–Crippen LogP) is 5.74. The van der Waals surface area contributed by atoms with Crippen LogP contribution in [0.15, 0.2) is 60.9 Å². The minimum Gasteiger partial charge on any atom is -0.337 e. The smallest absolute Gasteiger partial charge is 0.319 e. The highest BCUT2D eigenvalue weighted by molar-refractivity contribution is 6.29. The molecule has 4 rings (SSSR count). The maximum absolute atomic E-state index is 12.5. The highest BCUT2D eigenvalue weighted by atomic mass is 35.5. The van der Waals surface area contributed by atoms with Crippen LogP contribution in [0.2, 0.25) is 5.15 Å². The van der Waals surface area contributed by atoms with Crippen molar-refractivity contribution in [2.24, 2.45) is 0 Å². The molecule has 1 aliphatic carbocycles. The van der Waals surface area contributed by atoms with Crippen molar-refractivity contribution < 1.29 is 4.79 Å². The molecule has 2 aromatic heterocycles. The molecule has 1 aromatic carbocycles. The second-order valence-corrected chi connectivity index (χ2v) is 8.31. The van der Waals surface area contributed by atoms with E-state index in [1.54, 1.807) is 12.4 Å². The fourth-order valence-corrected chi connectivity index (χ4v) is 4.42. The number of carbonyl (C=O) groups is 1. The molecular weight excluding hydrogens is 396 g/mol. The molecule has 0 saturated heterocycles. The van der Waals surface area contributed by atoms with Crippen LogP contribution in [-0.2, 0) is 5.41 Å². The molecule has 0 radical (unpaired) electrons. The van der Waals surface area contributed by atoms with Gasteiger partial charge in [-0.3, -0.25) is 4.98 Å². The molecule has 154 valence electrons. The van der Waals surface area contributed by atoms with E-state index in [-0.39, 0.29) is 11.4 Å². The van der Waals surface area contributed by atoms with E-state index in [0.717, 1.165) is 53.8 Å². The zero-order valence-electron chi connectivity index (χ0n) is 17.0. The monoisotopic (exact) mass is 420 g/mol. The summed E-state index contributed by atoms with van der Waals surface area (Å²) >= 11 is 6.11. The van der Waals surface area contributed by atoms with Gasteiger partial charge in [-0.05, 0) is 72.9 Å². The van der Waals surface area contributed by atoms with E-state index < -0.39 is 0 Å². The maximum atomic E-state index is 12.5. The van der Waals surface area contributed by atoms with Crippen LogP contribution in [0.4, 0.5) is 10.5 Å².